The van der Waals surface area contributed by atoms with E-state index in [1.807, 2.05) is 22.9 Å². The number of methoxy groups -OCH3 is 1. The molecule has 0 spiro atoms. The summed E-state index contributed by atoms with van der Waals surface area (Å²) in [6.45, 7) is 2.00. The zero-order valence-corrected chi connectivity index (χ0v) is 17.1. The molecule has 1 aliphatic rings. The molecule has 31 heavy (non-hydrogen) atoms. The molecule has 160 valence electrons. The maximum absolute atomic E-state index is 14.6. The van der Waals surface area contributed by atoms with Gasteiger partial charge in [0.25, 0.3) is 0 Å². The van der Waals surface area contributed by atoms with Gasteiger partial charge in [-0.05, 0) is 12.5 Å². The molecule has 5 rings (SSSR count). The van der Waals surface area contributed by atoms with Crippen molar-refractivity contribution >= 4 is 23.1 Å². The number of fused-ring (bicyclic) bond motifs is 2. The smallest absolute Gasteiger partial charge is 0.244 e. The maximum atomic E-state index is 14.6. The van der Waals surface area contributed by atoms with Crippen LogP contribution in [0.1, 0.15) is 13.3 Å². The van der Waals surface area contributed by atoms with E-state index in [9.17, 15) is 9.18 Å². The Bertz CT molecular complexity index is 1270. The molecule has 0 saturated carbocycles. The van der Waals surface area contributed by atoms with Crippen molar-refractivity contribution in [3.63, 3.8) is 0 Å². The van der Waals surface area contributed by atoms with Gasteiger partial charge < -0.3 is 15.0 Å². The quantitative estimate of drug-likeness (QED) is 0.533. The number of hydrogen-bond acceptors (Lipinski definition) is 7. The average Bonchev–Trinajstić information content (AvgIpc) is 3.40. The molecule has 4 aromatic rings. The van der Waals surface area contributed by atoms with Crippen LogP contribution in [0.25, 0.3) is 22.4 Å². The molecule has 1 aliphatic heterocycles. The molecule has 2 atom stereocenters. The predicted molar refractivity (Wildman–Crippen MR) is 111 cm³/mol. The first kappa shape index (κ1) is 19.2. The zero-order valence-electron chi connectivity index (χ0n) is 17.1. The molecule has 10 nitrogen and oxygen atoms in total. The molecule has 4 aromatic heterocycles. The highest BCUT2D eigenvalue weighted by Crippen LogP contribution is 2.31. The summed E-state index contributed by atoms with van der Waals surface area (Å²) >= 11 is 0. The number of amides is 1. The Morgan fingerprint density at radius 2 is 2.19 bits per heavy atom. The van der Waals surface area contributed by atoms with Crippen molar-refractivity contribution in [3.05, 3.63) is 37.1 Å². The molecule has 0 radical (unpaired) electrons. The van der Waals surface area contributed by atoms with Gasteiger partial charge in [0.1, 0.15) is 11.7 Å². The minimum absolute atomic E-state index is 0.0593. The van der Waals surface area contributed by atoms with Gasteiger partial charge in [0, 0.05) is 55.6 Å². The first-order valence-corrected chi connectivity index (χ1v) is 9.92. The number of hydrogen-bond donors (Lipinski definition) is 1. The molecule has 0 aromatic carbocycles. The molecule has 5 heterocycles. The summed E-state index contributed by atoms with van der Waals surface area (Å²) in [5, 5.41) is 7.56. The molecule has 0 bridgehead atoms. The lowest BCUT2D eigenvalue weighted by molar-refractivity contribution is -0.131. The number of aromatic nitrogens is 6. The molecular formula is C20H21FN8O2. The van der Waals surface area contributed by atoms with Gasteiger partial charge in [-0.15, -0.1) is 5.10 Å². The standard InChI is InChI=1S/C20H21FN8O2/c1-12(30)27-6-4-16(15(21)11-27)24-19-25-18(31-2)17-14(3-7-29(17)26-19)13-9-23-20-22-5-8-28(20)10-13/h3,5,7-10,15-16H,4,6,11H2,1-2H3,(H,24,26)/t15-,16+/m1/s1. The minimum atomic E-state index is -1.21. The molecule has 1 amide bonds. The van der Waals surface area contributed by atoms with E-state index in [0.29, 0.717) is 30.1 Å². The SMILES string of the molecule is COc1nc(N[C@H]2CCN(C(C)=O)C[C@H]2F)nn2ccc(-c3cnc4nccn4c3)c12. The lowest BCUT2D eigenvalue weighted by Gasteiger charge is -2.34. The third kappa shape index (κ3) is 3.41. The van der Waals surface area contributed by atoms with Crippen LogP contribution < -0.4 is 10.1 Å². The van der Waals surface area contributed by atoms with Gasteiger partial charge in [0.05, 0.1) is 19.7 Å². The van der Waals surface area contributed by atoms with Crippen molar-refractivity contribution in [2.45, 2.75) is 25.6 Å². The molecule has 0 unspecified atom stereocenters. The van der Waals surface area contributed by atoms with Gasteiger partial charge >= 0.3 is 0 Å². The van der Waals surface area contributed by atoms with E-state index >= 15 is 0 Å². The Balaban J connectivity index is 1.46. The monoisotopic (exact) mass is 424 g/mol. The normalized spacial score (nSPS) is 19.1. The van der Waals surface area contributed by atoms with Crippen molar-refractivity contribution in [1.29, 1.82) is 0 Å². The van der Waals surface area contributed by atoms with Crippen molar-refractivity contribution < 1.29 is 13.9 Å². The minimum Gasteiger partial charge on any atom is -0.479 e. The number of likely N-dealkylation sites (tertiary alicyclic amines) is 1. The second-order valence-electron chi connectivity index (χ2n) is 7.46. The number of anilines is 1. The largest absolute Gasteiger partial charge is 0.479 e. The average molecular weight is 424 g/mol. The summed E-state index contributed by atoms with van der Waals surface area (Å²) < 4.78 is 23.6. The number of rotatable bonds is 4. The van der Waals surface area contributed by atoms with Crippen LogP contribution in [0.15, 0.2) is 37.1 Å². The summed E-state index contributed by atoms with van der Waals surface area (Å²) in [6, 6.07) is 1.42. The third-order valence-electron chi connectivity index (χ3n) is 5.53. The van der Waals surface area contributed by atoms with Crippen molar-refractivity contribution in [3.8, 4) is 17.0 Å². The Morgan fingerprint density at radius 1 is 1.32 bits per heavy atom. The number of halogens is 1. The highest BCUT2D eigenvalue weighted by atomic mass is 19.1. The van der Waals surface area contributed by atoms with E-state index in [0.717, 1.165) is 11.1 Å². The number of carbonyl (C=O) groups excluding carboxylic acids is 1. The summed E-state index contributed by atoms with van der Waals surface area (Å²) in [5.41, 5.74) is 2.39. The number of piperidine rings is 1. The number of ether oxygens (including phenoxy) is 1. The van der Waals surface area contributed by atoms with E-state index in [1.165, 1.54) is 18.9 Å². The fourth-order valence-corrected chi connectivity index (χ4v) is 3.90. The van der Waals surface area contributed by atoms with Crippen molar-refractivity contribution in [2.75, 3.05) is 25.5 Å². The van der Waals surface area contributed by atoms with E-state index in [4.69, 9.17) is 4.74 Å². The molecular weight excluding hydrogens is 403 g/mol. The van der Waals surface area contributed by atoms with E-state index in [-0.39, 0.29) is 18.4 Å². The number of nitrogens with one attached hydrogen (secondary N) is 1. The number of alkyl halides is 1. The van der Waals surface area contributed by atoms with Crippen LogP contribution in [-0.2, 0) is 4.79 Å². The van der Waals surface area contributed by atoms with Gasteiger partial charge in [-0.25, -0.2) is 18.9 Å². The van der Waals surface area contributed by atoms with Gasteiger partial charge in [0.15, 0.2) is 0 Å². The Kier molecular flexibility index (Phi) is 4.64. The van der Waals surface area contributed by atoms with Gasteiger partial charge in [-0.3, -0.25) is 9.20 Å². The summed E-state index contributed by atoms with van der Waals surface area (Å²) in [7, 11) is 1.53. The van der Waals surface area contributed by atoms with Gasteiger partial charge in [-0.1, -0.05) is 0 Å². The molecule has 0 aliphatic carbocycles. The number of nitrogens with zero attached hydrogens (tertiary/aromatic N) is 7. The Morgan fingerprint density at radius 3 is 2.97 bits per heavy atom. The van der Waals surface area contributed by atoms with Crippen molar-refractivity contribution in [1.82, 2.24) is 33.9 Å². The van der Waals surface area contributed by atoms with Crippen LogP contribution in [0, 0.1) is 0 Å². The van der Waals surface area contributed by atoms with E-state index in [2.05, 4.69) is 25.4 Å². The maximum Gasteiger partial charge on any atom is 0.244 e. The highest BCUT2D eigenvalue weighted by molar-refractivity contribution is 5.84. The molecule has 1 N–H and O–H groups in total. The van der Waals surface area contributed by atoms with E-state index in [1.54, 1.807) is 23.1 Å². The van der Waals surface area contributed by atoms with Crippen LogP contribution in [0.5, 0.6) is 5.88 Å². The fraction of sp³-hybridized carbons (Fsp3) is 0.350. The Labute approximate surface area is 176 Å². The summed E-state index contributed by atoms with van der Waals surface area (Å²) in [4.78, 5) is 26.0. The highest BCUT2D eigenvalue weighted by Gasteiger charge is 2.31. The number of imidazole rings is 1. The fourth-order valence-electron chi connectivity index (χ4n) is 3.90. The second-order valence-corrected chi connectivity index (χ2v) is 7.46. The third-order valence-corrected chi connectivity index (χ3v) is 5.53. The predicted octanol–water partition coefficient (Wildman–Crippen LogP) is 1.82. The van der Waals surface area contributed by atoms with E-state index < -0.39 is 12.2 Å². The van der Waals surface area contributed by atoms with Crippen LogP contribution in [0.4, 0.5) is 10.3 Å². The Hall–Kier alpha value is -3.76. The van der Waals surface area contributed by atoms with Gasteiger partial charge in [0.2, 0.25) is 23.5 Å². The first-order chi connectivity index (χ1) is 15.0. The number of carbonyl (C=O) groups is 1. The summed E-state index contributed by atoms with van der Waals surface area (Å²) in [6.07, 6.45) is 8.22. The van der Waals surface area contributed by atoms with Crippen LogP contribution in [0.2, 0.25) is 0 Å². The summed E-state index contributed by atoms with van der Waals surface area (Å²) in [5.74, 6) is 1.11. The second kappa shape index (κ2) is 7.49. The molecule has 11 heteroatoms. The zero-order chi connectivity index (χ0) is 21.5. The van der Waals surface area contributed by atoms with Gasteiger partial charge in [-0.2, -0.15) is 4.98 Å². The molecule has 1 saturated heterocycles. The van der Waals surface area contributed by atoms with Crippen molar-refractivity contribution in [2.24, 2.45) is 0 Å². The lowest BCUT2D eigenvalue weighted by Crippen LogP contribution is -2.49. The van der Waals surface area contributed by atoms with Crippen LogP contribution in [-0.4, -0.2) is 72.2 Å². The van der Waals surface area contributed by atoms with Crippen LogP contribution >= 0.6 is 0 Å². The first-order valence-electron chi connectivity index (χ1n) is 9.92. The molecule has 1 fully saturated rings. The lowest BCUT2D eigenvalue weighted by atomic mass is 10.0. The van der Waals surface area contributed by atoms with Crippen LogP contribution in [0.3, 0.4) is 0 Å². The topological polar surface area (TPSA) is 102 Å².